The number of thioether (sulfide) groups is 1. The van der Waals surface area contributed by atoms with Gasteiger partial charge in [-0.1, -0.05) is 46.6 Å². The van der Waals surface area contributed by atoms with Gasteiger partial charge in [0.15, 0.2) is 12.2 Å². The van der Waals surface area contributed by atoms with Crippen molar-refractivity contribution in [2.45, 2.75) is 86.1 Å². The number of aliphatic carboxylic acids is 1. The summed E-state index contributed by atoms with van der Waals surface area (Å²) in [7, 11) is 0. The first kappa shape index (κ1) is 29.7. The molecule has 0 fully saturated rings. The minimum absolute atomic E-state index is 0.0521. The third kappa shape index (κ3) is 14.7. The standard InChI is InChI=1S/C26H41N3O2S/c1-20(2)10-7-11-21(3)12-8-13-22(4)14-9-15-23(5)16-17-32-18-25(26(30)31)29(19-27)24(6)28/h10,12,14,16,25,28H,7-9,11,13,15,17-18H2,1-6H3,(H,30,31). The van der Waals surface area contributed by atoms with Crippen LogP contribution in [-0.2, 0) is 4.79 Å². The summed E-state index contributed by atoms with van der Waals surface area (Å²) < 4.78 is 0. The number of nitriles is 1. The number of hydrogen-bond acceptors (Lipinski definition) is 4. The minimum Gasteiger partial charge on any atom is -0.480 e. The minimum atomic E-state index is -1.08. The van der Waals surface area contributed by atoms with Crippen LogP contribution < -0.4 is 0 Å². The third-order valence-corrected chi connectivity index (χ3v) is 6.00. The average Bonchev–Trinajstić information content (AvgIpc) is 2.69. The van der Waals surface area contributed by atoms with E-state index in [0.717, 1.165) is 43.4 Å². The van der Waals surface area contributed by atoms with E-state index in [2.05, 4.69) is 58.9 Å². The van der Waals surface area contributed by atoms with E-state index in [0.29, 0.717) is 5.75 Å². The zero-order valence-electron chi connectivity index (χ0n) is 20.7. The van der Waals surface area contributed by atoms with Gasteiger partial charge < -0.3 is 5.11 Å². The van der Waals surface area contributed by atoms with Gasteiger partial charge in [0.1, 0.15) is 5.84 Å². The second-order valence-electron chi connectivity index (χ2n) is 8.50. The lowest BCUT2D eigenvalue weighted by Crippen LogP contribution is -2.42. The Hall–Kier alpha value is -2.26. The van der Waals surface area contributed by atoms with Crippen molar-refractivity contribution in [2.75, 3.05) is 11.5 Å². The molecule has 0 aliphatic carbocycles. The van der Waals surface area contributed by atoms with Gasteiger partial charge in [-0.15, -0.1) is 0 Å². The predicted molar refractivity (Wildman–Crippen MR) is 138 cm³/mol. The molecular formula is C26H41N3O2S. The van der Waals surface area contributed by atoms with Crippen LogP contribution in [-0.4, -0.2) is 39.4 Å². The Balaban J connectivity index is 4.30. The van der Waals surface area contributed by atoms with Crippen LogP contribution in [0.1, 0.15) is 80.1 Å². The van der Waals surface area contributed by atoms with E-state index < -0.39 is 12.0 Å². The molecule has 0 bridgehead atoms. The summed E-state index contributed by atoms with van der Waals surface area (Å²) in [6.07, 6.45) is 17.3. The number of rotatable bonds is 15. The topological polar surface area (TPSA) is 88.2 Å². The molecule has 0 spiro atoms. The number of carboxylic acid groups (broad SMARTS) is 1. The van der Waals surface area contributed by atoms with E-state index in [1.54, 1.807) is 6.19 Å². The van der Waals surface area contributed by atoms with Crippen molar-refractivity contribution in [2.24, 2.45) is 0 Å². The molecule has 5 nitrogen and oxygen atoms in total. The fourth-order valence-corrected chi connectivity index (χ4v) is 4.06. The molecule has 0 aromatic heterocycles. The molecular weight excluding hydrogens is 418 g/mol. The van der Waals surface area contributed by atoms with Crippen molar-refractivity contribution in [1.29, 1.82) is 10.7 Å². The number of amidine groups is 1. The number of nitrogens with zero attached hydrogens (tertiary/aromatic N) is 2. The highest BCUT2D eigenvalue weighted by Crippen LogP contribution is 2.15. The predicted octanol–water partition coefficient (Wildman–Crippen LogP) is 7.10. The molecule has 0 aliphatic heterocycles. The maximum absolute atomic E-state index is 11.4. The molecule has 0 aromatic carbocycles. The molecule has 0 aliphatic rings. The zero-order valence-corrected chi connectivity index (χ0v) is 21.5. The van der Waals surface area contributed by atoms with Crippen LogP contribution in [0.2, 0.25) is 0 Å². The van der Waals surface area contributed by atoms with Crippen LogP contribution in [0, 0.1) is 16.9 Å². The Morgan fingerprint density at radius 1 is 0.938 bits per heavy atom. The number of allylic oxidation sites excluding steroid dienone is 7. The van der Waals surface area contributed by atoms with Crippen molar-refractivity contribution in [3.63, 3.8) is 0 Å². The van der Waals surface area contributed by atoms with Crippen LogP contribution in [0.15, 0.2) is 46.6 Å². The van der Waals surface area contributed by atoms with E-state index in [4.69, 9.17) is 10.7 Å². The summed E-state index contributed by atoms with van der Waals surface area (Å²) in [5.41, 5.74) is 5.55. The summed E-state index contributed by atoms with van der Waals surface area (Å²) >= 11 is 1.47. The SMILES string of the molecule is CC(=N)N(C#N)C(CSCC=C(C)CCC=C(C)CCC=C(C)CCC=C(C)C)C(=O)O. The average molecular weight is 460 g/mol. The molecule has 0 heterocycles. The van der Waals surface area contributed by atoms with E-state index >= 15 is 0 Å². The molecule has 0 saturated heterocycles. The van der Waals surface area contributed by atoms with Crippen molar-refractivity contribution in [3.8, 4) is 6.19 Å². The number of nitrogens with one attached hydrogen (secondary N) is 1. The van der Waals surface area contributed by atoms with Gasteiger partial charge in [-0.05, 0) is 80.1 Å². The van der Waals surface area contributed by atoms with Crippen molar-refractivity contribution in [3.05, 3.63) is 46.6 Å². The first-order valence-corrected chi connectivity index (χ1v) is 12.4. The first-order valence-electron chi connectivity index (χ1n) is 11.2. The molecule has 0 saturated carbocycles. The molecule has 1 atom stereocenters. The zero-order chi connectivity index (χ0) is 24.5. The summed E-state index contributed by atoms with van der Waals surface area (Å²) in [5, 5.41) is 25.9. The van der Waals surface area contributed by atoms with Gasteiger partial charge in [0, 0.05) is 11.5 Å². The highest BCUT2D eigenvalue weighted by Gasteiger charge is 2.26. The number of carboxylic acids is 1. The van der Waals surface area contributed by atoms with Gasteiger partial charge in [0.25, 0.3) is 0 Å². The second kappa shape index (κ2) is 17.3. The van der Waals surface area contributed by atoms with E-state index in [1.807, 2.05) is 0 Å². The third-order valence-electron chi connectivity index (χ3n) is 5.05. The lowest BCUT2D eigenvalue weighted by Gasteiger charge is -2.21. The van der Waals surface area contributed by atoms with Crippen LogP contribution in [0.5, 0.6) is 0 Å². The Kier molecular flexibility index (Phi) is 16.1. The lowest BCUT2D eigenvalue weighted by molar-refractivity contribution is -0.140. The summed E-state index contributed by atoms with van der Waals surface area (Å²) in [6.45, 7) is 12.2. The van der Waals surface area contributed by atoms with Crippen molar-refractivity contribution >= 4 is 23.6 Å². The van der Waals surface area contributed by atoms with Crippen LogP contribution in [0.3, 0.4) is 0 Å². The van der Waals surface area contributed by atoms with Gasteiger partial charge >= 0.3 is 5.97 Å². The fraction of sp³-hybridized carbons (Fsp3) is 0.577. The molecule has 6 heteroatoms. The number of carbonyl (C=O) groups is 1. The van der Waals surface area contributed by atoms with Crippen molar-refractivity contribution < 1.29 is 9.90 Å². The maximum Gasteiger partial charge on any atom is 0.328 e. The van der Waals surface area contributed by atoms with Crippen molar-refractivity contribution in [1.82, 2.24) is 4.90 Å². The van der Waals surface area contributed by atoms with Crippen LogP contribution in [0.4, 0.5) is 0 Å². The van der Waals surface area contributed by atoms with Gasteiger partial charge in [-0.25, -0.2) is 4.79 Å². The molecule has 0 aromatic rings. The highest BCUT2D eigenvalue weighted by atomic mass is 32.2. The molecule has 2 N–H and O–H groups in total. The van der Waals surface area contributed by atoms with Gasteiger partial charge in [0.05, 0.1) is 0 Å². The summed E-state index contributed by atoms with van der Waals surface area (Å²) in [5.74, 6) is -0.164. The van der Waals surface area contributed by atoms with Gasteiger partial charge in [-0.2, -0.15) is 17.0 Å². The van der Waals surface area contributed by atoms with E-state index in [9.17, 15) is 9.90 Å². The quantitative estimate of drug-likeness (QED) is 0.0681. The monoisotopic (exact) mass is 459 g/mol. The smallest absolute Gasteiger partial charge is 0.328 e. The number of hydrogen-bond donors (Lipinski definition) is 2. The Morgan fingerprint density at radius 2 is 1.41 bits per heavy atom. The van der Waals surface area contributed by atoms with Gasteiger partial charge in [0.2, 0.25) is 0 Å². The molecule has 32 heavy (non-hydrogen) atoms. The fourth-order valence-electron chi connectivity index (χ4n) is 3.00. The Bertz CT molecular complexity index is 768. The molecule has 0 radical (unpaired) electrons. The highest BCUT2D eigenvalue weighted by molar-refractivity contribution is 7.99. The first-order chi connectivity index (χ1) is 15.1. The second-order valence-corrected chi connectivity index (χ2v) is 9.57. The summed E-state index contributed by atoms with van der Waals surface area (Å²) in [4.78, 5) is 12.3. The Morgan fingerprint density at radius 3 is 1.81 bits per heavy atom. The lowest BCUT2D eigenvalue weighted by atomic mass is 10.0. The van der Waals surface area contributed by atoms with E-state index in [-0.39, 0.29) is 11.6 Å². The maximum atomic E-state index is 11.4. The largest absolute Gasteiger partial charge is 0.480 e. The van der Waals surface area contributed by atoms with E-state index in [1.165, 1.54) is 41.0 Å². The van der Waals surface area contributed by atoms with Crippen LogP contribution in [0.25, 0.3) is 0 Å². The molecule has 0 rings (SSSR count). The van der Waals surface area contributed by atoms with Gasteiger partial charge in [-0.3, -0.25) is 10.3 Å². The molecule has 1 unspecified atom stereocenters. The summed E-state index contributed by atoms with van der Waals surface area (Å²) in [6, 6.07) is -0.994. The normalized spacial score (nSPS) is 13.3. The molecule has 178 valence electrons. The molecule has 0 amide bonds. The Labute approximate surface area is 199 Å². The van der Waals surface area contributed by atoms with Crippen LogP contribution >= 0.6 is 11.8 Å².